The Hall–Kier alpha value is -0.990. The number of anilines is 1. The van der Waals surface area contributed by atoms with Gasteiger partial charge in [-0.1, -0.05) is 0 Å². The first-order valence-corrected chi connectivity index (χ1v) is 5.32. The second-order valence-electron chi connectivity index (χ2n) is 2.69. The summed E-state index contributed by atoms with van der Waals surface area (Å²) >= 11 is 1.57. The van der Waals surface area contributed by atoms with Crippen molar-refractivity contribution in [3.05, 3.63) is 27.1 Å². The minimum Gasteiger partial charge on any atom is -0.450 e. The SMILES string of the molecule is CCOC(=O)Nc1c(I)cc(F)c(F)c1F. The average Bonchev–Trinajstić information content (AvgIpc) is 2.22. The topological polar surface area (TPSA) is 38.3 Å². The number of nitrogens with one attached hydrogen (secondary N) is 1. The van der Waals surface area contributed by atoms with Gasteiger partial charge in [0.05, 0.1) is 12.3 Å². The Morgan fingerprint density at radius 2 is 2.06 bits per heavy atom. The molecule has 7 heteroatoms. The van der Waals surface area contributed by atoms with Gasteiger partial charge < -0.3 is 4.74 Å². The lowest BCUT2D eigenvalue weighted by Crippen LogP contribution is -2.16. The largest absolute Gasteiger partial charge is 0.450 e. The molecule has 0 atom stereocenters. The molecule has 1 aromatic rings. The van der Waals surface area contributed by atoms with E-state index in [0.29, 0.717) is 0 Å². The zero-order chi connectivity index (χ0) is 12.3. The minimum absolute atomic E-state index is 0.0436. The molecule has 0 fully saturated rings. The summed E-state index contributed by atoms with van der Waals surface area (Å²) in [5, 5.41) is 2.00. The van der Waals surface area contributed by atoms with Gasteiger partial charge in [0, 0.05) is 3.57 Å². The third-order valence-corrected chi connectivity index (χ3v) is 2.47. The van der Waals surface area contributed by atoms with E-state index in [1.54, 1.807) is 29.5 Å². The van der Waals surface area contributed by atoms with Crippen LogP contribution in [-0.4, -0.2) is 12.7 Å². The van der Waals surface area contributed by atoms with Gasteiger partial charge >= 0.3 is 6.09 Å². The molecule has 0 spiro atoms. The molecule has 16 heavy (non-hydrogen) atoms. The second-order valence-corrected chi connectivity index (χ2v) is 3.85. The Balaban J connectivity index is 3.05. The van der Waals surface area contributed by atoms with Gasteiger partial charge in [0.15, 0.2) is 17.5 Å². The van der Waals surface area contributed by atoms with Gasteiger partial charge in [0.25, 0.3) is 0 Å². The summed E-state index contributed by atoms with van der Waals surface area (Å²) in [5.41, 5.74) is -0.432. The number of hydrogen-bond acceptors (Lipinski definition) is 2. The lowest BCUT2D eigenvalue weighted by atomic mass is 10.3. The van der Waals surface area contributed by atoms with Crippen LogP contribution in [0.25, 0.3) is 0 Å². The monoisotopic (exact) mass is 345 g/mol. The smallest absolute Gasteiger partial charge is 0.411 e. The maximum absolute atomic E-state index is 13.2. The summed E-state index contributed by atoms with van der Waals surface area (Å²) in [6, 6.07) is 0.778. The first-order chi connectivity index (χ1) is 7.47. The van der Waals surface area contributed by atoms with E-state index in [-0.39, 0.29) is 10.2 Å². The number of amides is 1. The third kappa shape index (κ3) is 2.77. The molecule has 1 N–H and O–H groups in total. The normalized spacial score (nSPS) is 10.1. The molecule has 0 aromatic heterocycles. The average molecular weight is 345 g/mol. The number of carbonyl (C=O) groups is 1. The molecule has 0 radical (unpaired) electrons. The molecule has 0 saturated heterocycles. The number of carbonyl (C=O) groups excluding carboxylic acids is 1. The molecule has 0 aliphatic carbocycles. The van der Waals surface area contributed by atoms with Crippen LogP contribution in [0.2, 0.25) is 0 Å². The van der Waals surface area contributed by atoms with E-state index in [4.69, 9.17) is 0 Å². The lowest BCUT2D eigenvalue weighted by molar-refractivity contribution is 0.167. The summed E-state index contributed by atoms with van der Waals surface area (Å²) in [6.45, 7) is 1.65. The van der Waals surface area contributed by atoms with Gasteiger partial charge in [0.1, 0.15) is 0 Å². The molecule has 0 heterocycles. The molecule has 0 saturated carbocycles. The number of halogens is 4. The van der Waals surface area contributed by atoms with Gasteiger partial charge in [0.2, 0.25) is 0 Å². The molecular weight excluding hydrogens is 338 g/mol. The van der Waals surface area contributed by atoms with Crippen LogP contribution in [0.4, 0.5) is 23.7 Å². The van der Waals surface area contributed by atoms with Crippen LogP contribution in [0.3, 0.4) is 0 Å². The molecule has 0 aliphatic heterocycles. The highest BCUT2D eigenvalue weighted by Crippen LogP contribution is 2.26. The minimum atomic E-state index is -1.63. The van der Waals surface area contributed by atoms with Crippen molar-refractivity contribution in [3.63, 3.8) is 0 Å². The molecule has 0 unspecified atom stereocenters. The van der Waals surface area contributed by atoms with Crippen molar-refractivity contribution >= 4 is 34.4 Å². The van der Waals surface area contributed by atoms with Gasteiger partial charge in [-0.3, -0.25) is 5.32 Å². The van der Waals surface area contributed by atoms with E-state index in [9.17, 15) is 18.0 Å². The number of rotatable bonds is 2. The summed E-state index contributed by atoms with van der Waals surface area (Å²) in [4.78, 5) is 11.0. The maximum Gasteiger partial charge on any atom is 0.411 e. The molecule has 1 amide bonds. The van der Waals surface area contributed by atoms with Crippen LogP contribution in [0.1, 0.15) is 6.92 Å². The molecule has 1 rings (SSSR count). The molecule has 88 valence electrons. The van der Waals surface area contributed by atoms with Gasteiger partial charge in [-0.25, -0.2) is 18.0 Å². The number of benzene rings is 1. The van der Waals surface area contributed by atoms with Crippen LogP contribution in [0.5, 0.6) is 0 Å². The number of hydrogen-bond donors (Lipinski definition) is 1. The molecule has 0 aliphatic rings. The fourth-order valence-corrected chi connectivity index (χ4v) is 1.60. The fraction of sp³-hybridized carbons (Fsp3) is 0.222. The van der Waals surface area contributed by atoms with Crippen molar-refractivity contribution in [2.45, 2.75) is 6.92 Å². The van der Waals surface area contributed by atoms with Crippen molar-refractivity contribution in [2.24, 2.45) is 0 Å². The predicted octanol–water partition coefficient (Wildman–Crippen LogP) is 3.28. The Morgan fingerprint density at radius 3 is 2.62 bits per heavy atom. The van der Waals surface area contributed by atoms with E-state index < -0.39 is 29.2 Å². The van der Waals surface area contributed by atoms with Crippen molar-refractivity contribution in [3.8, 4) is 0 Å². The van der Waals surface area contributed by atoms with E-state index in [1.807, 2.05) is 5.32 Å². The van der Waals surface area contributed by atoms with Crippen molar-refractivity contribution in [2.75, 3.05) is 11.9 Å². The zero-order valence-electron chi connectivity index (χ0n) is 8.11. The van der Waals surface area contributed by atoms with Gasteiger partial charge in [-0.15, -0.1) is 0 Å². The second kappa shape index (κ2) is 5.37. The highest BCUT2D eigenvalue weighted by Gasteiger charge is 2.19. The molecule has 1 aromatic carbocycles. The predicted molar refractivity (Wildman–Crippen MR) is 59.7 cm³/mol. The van der Waals surface area contributed by atoms with E-state index >= 15 is 0 Å². The van der Waals surface area contributed by atoms with Crippen molar-refractivity contribution < 1.29 is 22.7 Å². The van der Waals surface area contributed by atoms with Crippen LogP contribution >= 0.6 is 22.6 Å². The van der Waals surface area contributed by atoms with Crippen molar-refractivity contribution in [1.29, 1.82) is 0 Å². The Kier molecular flexibility index (Phi) is 4.39. The zero-order valence-corrected chi connectivity index (χ0v) is 10.3. The van der Waals surface area contributed by atoms with E-state index in [2.05, 4.69) is 4.74 Å². The standard InChI is InChI=1S/C9H7F3INO2/c1-2-16-9(15)14-8-5(13)3-4(10)6(11)7(8)12/h3H,2H2,1H3,(H,14,15). The van der Waals surface area contributed by atoms with Crippen LogP contribution in [-0.2, 0) is 4.74 Å². The highest BCUT2D eigenvalue weighted by molar-refractivity contribution is 14.1. The van der Waals surface area contributed by atoms with Gasteiger partial charge in [-0.2, -0.15) is 0 Å². The van der Waals surface area contributed by atoms with Crippen LogP contribution in [0, 0.1) is 21.0 Å². The van der Waals surface area contributed by atoms with Crippen molar-refractivity contribution in [1.82, 2.24) is 0 Å². The van der Waals surface area contributed by atoms with Crippen LogP contribution in [0.15, 0.2) is 6.07 Å². The summed E-state index contributed by atoms with van der Waals surface area (Å²) in [6.07, 6.45) is -0.926. The summed E-state index contributed by atoms with van der Waals surface area (Å²) in [7, 11) is 0. The Bertz CT molecular complexity index is 426. The lowest BCUT2D eigenvalue weighted by Gasteiger charge is -2.09. The summed E-state index contributed by atoms with van der Waals surface area (Å²) in [5.74, 6) is -4.39. The Labute approximate surface area is 103 Å². The fourth-order valence-electron chi connectivity index (χ4n) is 0.950. The van der Waals surface area contributed by atoms with E-state index in [1.165, 1.54) is 0 Å². The quantitative estimate of drug-likeness (QED) is 0.508. The highest BCUT2D eigenvalue weighted by atomic mass is 127. The molecule has 0 bridgehead atoms. The van der Waals surface area contributed by atoms with Gasteiger partial charge in [-0.05, 0) is 35.6 Å². The summed E-state index contributed by atoms with van der Waals surface area (Å²) < 4.78 is 43.4. The first kappa shape index (κ1) is 13.1. The third-order valence-electron chi connectivity index (χ3n) is 1.62. The molecular formula is C9H7F3INO2. The van der Waals surface area contributed by atoms with E-state index in [0.717, 1.165) is 6.07 Å². The molecule has 3 nitrogen and oxygen atoms in total. The first-order valence-electron chi connectivity index (χ1n) is 4.24. The number of ether oxygens (including phenoxy) is 1. The van der Waals surface area contributed by atoms with Crippen LogP contribution < -0.4 is 5.32 Å². The Morgan fingerprint density at radius 1 is 1.44 bits per heavy atom. The maximum atomic E-state index is 13.2.